The molecule has 0 radical (unpaired) electrons. The van der Waals surface area contributed by atoms with Crippen molar-refractivity contribution in [3.05, 3.63) is 34.1 Å². The van der Waals surface area contributed by atoms with Crippen LogP contribution in [-0.2, 0) is 6.54 Å². The van der Waals surface area contributed by atoms with Gasteiger partial charge in [0, 0.05) is 18.6 Å². The zero-order valence-corrected chi connectivity index (χ0v) is 13.4. The van der Waals surface area contributed by atoms with E-state index in [4.69, 9.17) is 5.73 Å². The van der Waals surface area contributed by atoms with Gasteiger partial charge in [0.05, 0.1) is 4.47 Å². The highest BCUT2D eigenvalue weighted by atomic mass is 79.9. The van der Waals surface area contributed by atoms with Crippen molar-refractivity contribution in [1.29, 1.82) is 0 Å². The quantitative estimate of drug-likeness (QED) is 0.862. The van der Waals surface area contributed by atoms with Gasteiger partial charge in [-0.3, -0.25) is 0 Å². The monoisotopic (exact) mass is 338 g/mol. The predicted octanol–water partition coefficient (Wildman–Crippen LogP) is 3.47. The van der Waals surface area contributed by atoms with E-state index in [0.717, 1.165) is 5.56 Å². The molecule has 0 aliphatic rings. The van der Waals surface area contributed by atoms with E-state index in [0.29, 0.717) is 23.5 Å². The van der Waals surface area contributed by atoms with Crippen LogP contribution in [0.25, 0.3) is 0 Å². The molecule has 0 heterocycles. The Hall–Kier alpha value is -0.160. The molecule has 0 aliphatic heterocycles. The van der Waals surface area contributed by atoms with Gasteiger partial charge in [0.1, 0.15) is 5.82 Å². The van der Waals surface area contributed by atoms with E-state index in [-0.39, 0.29) is 23.8 Å². The lowest BCUT2D eigenvalue weighted by Gasteiger charge is -2.34. The number of nitrogens with two attached hydrogens (primary N) is 1. The van der Waals surface area contributed by atoms with Crippen molar-refractivity contribution in [1.82, 2.24) is 5.32 Å². The van der Waals surface area contributed by atoms with Crippen LogP contribution in [0.15, 0.2) is 22.7 Å². The van der Waals surface area contributed by atoms with Crippen LogP contribution in [0.3, 0.4) is 0 Å². The first kappa shape index (κ1) is 17.8. The van der Waals surface area contributed by atoms with Gasteiger partial charge in [0.2, 0.25) is 0 Å². The van der Waals surface area contributed by atoms with Crippen molar-refractivity contribution >= 4 is 28.3 Å². The van der Waals surface area contributed by atoms with E-state index in [9.17, 15) is 4.39 Å². The minimum absolute atomic E-state index is 0. The van der Waals surface area contributed by atoms with E-state index >= 15 is 0 Å². The first-order valence-electron chi connectivity index (χ1n) is 5.78. The lowest BCUT2D eigenvalue weighted by Crippen LogP contribution is -2.52. The zero-order chi connectivity index (χ0) is 13.1. The average molecular weight is 340 g/mol. The number of hydrogen-bond acceptors (Lipinski definition) is 2. The number of hydrogen-bond donors (Lipinski definition) is 2. The van der Waals surface area contributed by atoms with Crippen molar-refractivity contribution in [2.75, 3.05) is 6.54 Å². The lowest BCUT2D eigenvalue weighted by molar-refractivity contribution is 0.267. The molecule has 0 saturated heterocycles. The van der Waals surface area contributed by atoms with Gasteiger partial charge >= 0.3 is 0 Å². The fourth-order valence-electron chi connectivity index (χ4n) is 1.47. The molecular formula is C13H21BrClFN2. The second-order valence-electron chi connectivity index (χ2n) is 4.88. The third-order valence-electron chi connectivity index (χ3n) is 3.38. The first-order valence-corrected chi connectivity index (χ1v) is 6.57. The molecule has 1 aromatic rings. The molecule has 104 valence electrons. The molecule has 1 rings (SSSR count). The van der Waals surface area contributed by atoms with E-state index in [1.54, 1.807) is 12.1 Å². The third-order valence-corrected chi connectivity index (χ3v) is 3.99. The van der Waals surface area contributed by atoms with Gasteiger partial charge in [-0.1, -0.05) is 19.9 Å². The minimum Gasteiger partial charge on any atom is -0.329 e. The Morgan fingerprint density at radius 3 is 2.50 bits per heavy atom. The van der Waals surface area contributed by atoms with Crippen molar-refractivity contribution < 1.29 is 4.39 Å². The summed E-state index contributed by atoms with van der Waals surface area (Å²) < 4.78 is 13.6. The fraction of sp³-hybridized carbons (Fsp3) is 0.538. The van der Waals surface area contributed by atoms with Gasteiger partial charge < -0.3 is 11.1 Å². The van der Waals surface area contributed by atoms with Gasteiger partial charge in [-0.25, -0.2) is 4.39 Å². The Morgan fingerprint density at radius 1 is 1.44 bits per heavy atom. The molecule has 0 amide bonds. The van der Waals surface area contributed by atoms with Gasteiger partial charge in [0.15, 0.2) is 0 Å². The van der Waals surface area contributed by atoms with Crippen molar-refractivity contribution in [2.24, 2.45) is 11.7 Å². The summed E-state index contributed by atoms with van der Waals surface area (Å²) in [6, 6.07) is 5.04. The smallest absolute Gasteiger partial charge is 0.137 e. The molecule has 2 nitrogen and oxygen atoms in total. The molecule has 3 N–H and O–H groups in total. The van der Waals surface area contributed by atoms with Crippen molar-refractivity contribution in [3.63, 3.8) is 0 Å². The molecule has 0 bridgehead atoms. The average Bonchev–Trinajstić information content (AvgIpc) is 2.30. The van der Waals surface area contributed by atoms with Crippen LogP contribution in [0.5, 0.6) is 0 Å². The molecule has 5 heteroatoms. The molecule has 1 unspecified atom stereocenters. The van der Waals surface area contributed by atoms with Gasteiger partial charge in [-0.2, -0.15) is 0 Å². The number of benzene rings is 1. The standard InChI is InChI=1S/C13H20BrFN2.ClH/c1-9(2)13(3,8-16)17-7-10-4-5-12(15)11(14)6-10;/h4-6,9,17H,7-8,16H2,1-3H3;1H. The molecule has 0 fully saturated rings. The van der Waals surface area contributed by atoms with E-state index in [1.165, 1.54) is 6.07 Å². The molecule has 0 spiro atoms. The van der Waals surface area contributed by atoms with Crippen molar-refractivity contribution in [3.8, 4) is 0 Å². The summed E-state index contributed by atoms with van der Waals surface area (Å²) in [4.78, 5) is 0. The summed E-state index contributed by atoms with van der Waals surface area (Å²) in [5.74, 6) is 0.204. The molecule has 0 aliphatic carbocycles. The van der Waals surface area contributed by atoms with Crippen LogP contribution in [0.2, 0.25) is 0 Å². The van der Waals surface area contributed by atoms with E-state index in [2.05, 4.69) is 42.0 Å². The fourth-order valence-corrected chi connectivity index (χ4v) is 1.89. The van der Waals surface area contributed by atoms with Crippen LogP contribution in [0, 0.1) is 11.7 Å². The second-order valence-corrected chi connectivity index (χ2v) is 5.73. The maximum Gasteiger partial charge on any atom is 0.137 e. The molecule has 0 aromatic heterocycles. The summed E-state index contributed by atoms with van der Waals surface area (Å²) in [6.45, 7) is 7.65. The summed E-state index contributed by atoms with van der Waals surface area (Å²) in [6.07, 6.45) is 0. The van der Waals surface area contributed by atoms with Crippen molar-refractivity contribution in [2.45, 2.75) is 32.9 Å². The van der Waals surface area contributed by atoms with Crippen LogP contribution in [-0.4, -0.2) is 12.1 Å². The first-order chi connectivity index (χ1) is 7.89. The summed E-state index contributed by atoms with van der Waals surface area (Å²) in [5, 5.41) is 3.44. The lowest BCUT2D eigenvalue weighted by atomic mass is 9.88. The van der Waals surface area contributed by atoms with Gasteiger partial charge in [-0.15, -0.1) is 12.4 Å². The number of halogens is 3. The SMILES string of the molecule is CC(C)C(C)(CN)NCc1ccc(F)c(Br)c1.Cl. The Morgan fingerprint density at radius 2 is 2.06 bits per heavy atom. The second kappa shape index (κ2) is 7.43. The Kier molecular flexibility index (Phi) is 7.37. The van der Waals surface area contributed by atoms with E-state index < -0.39 is 0 Å². The molecule has 18 heavy (non-hydrogen) atoms. The van der Waals surface area contributed by atoms with Gasteiger partial charge in [-0.05, 0) is 46.5 Å². The topological polar surface area (TPSA) is 38.0 Å². The highest BCUT2D eigenvalue weighted by molar-refractivity contribution is 9.10. The maximum atomic E-state index is 13.1. The highest BCUT2D eigenvalue weighted by Crippen LogP contribution is 2.19. The predicted molar refractivity (Wildman–Crippen MR) is 80.5 cm³/mol. The summed E-state index contributed by atoms with van der Waals surface area (Å²) in [7, 11) is 0. The number of rotatable bonds is 5. The molecule has 1 atom stereocenters. The molecular weight excluding hydrogens is 319 g/mol. The molecule has 0 saturated carbocycles. The third kappa shape index (κ3) is 4.50. The molecule has 1 aromatic carbocycles. The van der Waals surface area contributed by atoms with Gasteiger partial charge in [0.25, 0.3) is 0 Å². The Bertz CT molecular complexity index is 387. The van der Waals surface area contributed by atoms with Crippen LogP contribution >= 0.6 is 28.3 Å². The minimum atomic E-state index is -0.237. The van der Waals surface area contributed by atoms with Crippen LogP contribution in [0.4, 0.5) is 4.39 Å². The largest absolute Gasteiger partial charge is 0.329 e. The number of nitrogens with one attached hydrogen (secondary N) is 1. The van der Waals surface area contributed by atoms with Crippen LogP contribution in [0.1, 0.15) is 26.3 Å². The maximum absolute atomic E-state index is 13.1. The van der Waals surface area contributed by atoms with Crippen LogP contribution < -0.4 is 11.1 Å². The Labute approximate surface area is 123 Å². The highest BCUT2D eigenvalue weighted by Gasteiger charge is 2.25. The summed E-state index contributed by atoms with van der Waals surface area (Å²) in [5.41, 5.74) is 6.74. The summed E-state index contributed by atoms with van der Waals surface area (Å²) >= 11 is 3.19. The normalized spacial score (nSPS) is 14.2. The van der Waals surface area contributed by atoms with E-state index in [1.807, 2.05) is 0 Å². The zero-order valence-electron chi connectivity index (χ0n) is 11.0. The Balaban J connectivity index is 0.00000289.